The van der Waals surface area contributed by atoms with Crippen LogP contribution >= 0.6 is 11.6 Å². The van der Waals surface area contributed by atoms with E-state index in [1.165, 1.54) is 0 Å². The lowest BCUT2D eigenvalue weighted by Gasteiger charge is -2.08. The van der Waals surface area contributed by atoms with Crippen LogP contribution in [0.4, 0.5) is 10.1 Å². The van der Waals surface area contributed by atoms with Gasteiger partial charge in [-0.25, -0.2) is 12.8 Å². The molecule has 0 fully saturated rings. The average molecular weight is 292 g/mol. The Balaban J connectivity index is 2.39. The number of aromatic hydroxyl groups is 1. The fourth-order valence-corrected chi connectivity index (χ4v) is 2.34. The smallest absolute Gasteiger partial charge is 0.265 e. The Morgan fingerprint density at radius 2 is 2.17 bits per heavy atom. The Morgan fingerprint density at radius 1 is 1.44 bits per heavy atom. The molecule has 0 unspecified atom stereocenters. The van der Waals surface area contributed by atoms with Crippen molar-refractivity contribution in [3.05, 3.63) is 35.4 Å². The number of nitrogens with one attached hydrogen (secondary N) is 2. The molecule has 0 radical (unpaired) electrons. The summed E-state index contributed by atoms with van der Waals surface area (Å²) in [4.78, 5) is -0.123. The molecule has 96 valence electrons. The van der Waals surface area contributed by atoms with Gasteiger partial charge < -0.3 is 5.11 Å². The highest BCUT2D eigenvalue weighted by Gasteiger charge is 2.18. The zero-order valence-electron chi connectivity index (χ0n) is 8.68. The second kappa shape index (κ2) is 4.46. The van der Waals surface area contributed by atoms with E-state index in [9.17, 15) is 17.9 Å². The number of phenolic OH excluding ortho intramolecular Hbond substituents is 1. The van der Waals surface area contributed by atoms with Crippen molar-refractivity contribution >= 4 is 27.3 Å². The van der Waals surface area contributed by atoms with Crippen LogP contribution in [0.15, 0.2) is 29.4 Å². The molecule has 2 rings (SSSR count). The van der Waals surface area contributed by atoms with Crippen LogP contribution in [0.3, 0.4) is 0 Å². The normalized spacial score (nSPS) is 11.4. The zero-order valence-corrected chi connectivity index (χ0v) is 10.3. The lowest BCUT2D eigenvalue weighted by Crippen LogP contribution is -2.12. The summed E-state index contributed by atoms with van der Waals surface area (Å²) in [5.41, 5.74) is -0.220. The molecule has 0 atom stereocenters. The Kier molecular flexibility index (Phi) is 3.14. The molecule has 3 N–H and O–H groups in total. The van der Waals surface area contributed by atoms with E-state index in [4.69, 9.17) is 11.6 Å². The van der Waals surface area contributed by atoms with E-state index in [0.29, 0.717) is 0 Å². The van der Waals surface area contributed by atoms with Crippen molar-refractivity contribution in [1.82, 2.24) is 10.2 Å². The van der Waals surface area contributed by atoms with Crippen molar-refractivity contribution in [1.29, 1.82) is 0 Å². The molecule has 0 saturated carbocycles. The topological polar surface area (TPSA) is 95.1 Å². The van der Waals surface area contributed by atoms with Crippen LogP contribution in [0, 0.1) is 5.82 Å². The number of aromatic nitrogens is 2. The predicted molar refractivity (Wildman–Crippen MR) is 62.5 cm³/mol. The highest BCUT2D eigenvalue weighted by molar-refractivity contribution is 7.92. The summed E-state index contributed by atoms with van der Waals surface area (Å²) in [5.74, 6) is -1.41. The van der Waals surface area contributed by atoms with Gasteiger partial charge in [0.15, 0.2) is 0 Å². The molecule has 0 aliphatic carbocycles. The lowest BCUT2D eigenvalue weighted by atomic mass is 10.3. The minimum absolute atomic E-state index is 0.123. The molecule has 1 heterocycles. The molecule has 0 amide bonds. The molecule has 0 spiro atoms. The Labute approximate surface area is 106 Å². The summed E-state index contributed by atoms with van der Waals surface area (Å²) in [6.45, 7) is 0. The van der Waals surface area contributed by atoms with Gasteiger partial charge in [0, 0.05) is 12.3 Å². The number of aromatic amines is 1. The predicted octanol–water partition coefficient (Wildman–Crippen LogP) is 1.71. The van der Waals surface area contributed by atoms with Crippen molar-refractivity contribution < 1.29 is 17.9 Å². The highest BCUT2D eigenvalue weighted by Crippen LogP contribution is 2.30. The van der Waals surface area contributed by atoms with Crippen LogP contribution in [0.25, 0.3) is 0 Å². The average Bonchev–Trinajstić information content (AvgIpc) is 2.79. The standard InChI is InChI=1S/C9H7ClFN3O3S/c10-6-1-8(9(15)2-7(6)11)14-18(16,17)5-3-12-13-4-5/h1-4,14-15H,(H,12,13). The number of nitrogens with zero attached hydrogens (tertiary/aromatic N) is 1. The largest absolute Gasteiger partial charge is 0.506 e. The van der Waals surface area contributed by atoms with Crippen LogP contribution in [0.2, 0.25) is 5.02 Å². The lowest BCUT2D eigenvalue weighted by molar-refractivity contribution is 0.471. The number of hydrogen-bond donors (Lipinski definition) is 3. The number of sulfonamides is 1. The van der Waals surface area contributed by atoms with Crippen LogP contribution in [-0.2, 0) is 10.0 Å². The third kappa shape index (κ3) is 2.39. The minimum atomic E-state index is -3.91. The van der Waals surface area contributed by atoms with Gasteiger partial charge in [0.1, 0.15) is 16.5 Å². The van der Waals surface area contributed by atoms with E-state index in [1.54, 1.807) is 0 Å². The number of phenols is 1. The molecule has 0 saturated heterocycles. The molecule has 0 aliphatic rings. The van der Waals surface area contributed by atoms with Crippen molar-refractivity contribution in [3.63, 3.8) is 0 Å². The zero-order chi connectivity index (χ0) is 13.3. The monoisotopic (exact) mass is 291 g/mol. The maximum atomic E-state index is 13.0. The van der Waals surface area contributed by atoms with E-state index < -0.39 is 21.6 Å². The number of benzene rings is 1. The summed E-state index contributed by atoms with van der Waals surface area (Å²) in [5, 5.41) is 15.0. The van der Waals surface area contributed by atoms with Crippen LogP contribution in [0.5, 0.6) is 5.75 Å². The number of rotatable bonds is 3. The van der Waals surface area contributed by atoms with E-state index in [1.807, 2.05) is 0 Å². The quantitative estimate of drug-likeness (QED) is 0.750. The van der Waals surface area contributed by atoms with Crippen molar-refractivity contribution in [2.45, 2.75) is 4.90 Å². The van der Waals surface area contributed by atoms with Gasteiger partial charge in [-0.2, -0.15) is 5.10 Å². The van der Waals surface area contributed by atoms with E-state index in [0.717, 1.165) is 24.5 Å². The fourth-order valence-electron chi connectivity index (χ4n) is 1.21. The van der Waals surface area contributed by atoms with Gasteiger partial charge in [0.05, 0.1) is 16.9 Å². The molecule has 9 heteroatoms. The summed E-state index contributed by atoms with van der Waals surface area (Å²) >= 11 is 5.50. The first-order valence-electron chi connectivity index (χ1n) is 4.60. The molecule has 2 aromatic rings. The van der Waals surface area contributed by atoms with Gasteiger partial charge in [-0.15, -0.1) is 0 Å². The fraction of sp³-hybridized carbons (Fsp3) is 0. The van der Waals surface area contributed by atoms with Gasteiger partial charge in [0.25, 0.3) is 10.0 Å². The molecule has 6 nitrogen and oxygen atoms in total. The molecule has 1 aromatic carbocycles. The van der Waals surface area contributed by atoms with Gasteiger partial charge >= 0.3 is 0 Å². The van der Waals surface area contributed by atoms with Crippen LogP contribution in [-0.4, -0.2) is 23.7 Å². The van der Waals surface area contributed by atoms with Gasteiger partial charge in [0.2, 0.25) is 0 Å². The first-order valence-corrected chi connectivity index (χ1v) is 6.46. The van der Waals surface area contributed by atoms with Gasteiger partial charge in [-0.3, -0.25) is 9.82 Å². The second-order valence-electron chi connectivity index (χ2n) is 3.32. The summed E-state index contributed by atoms with van der Waals surface area (Å²) in [6, 6.07) is 1.69. The molecule has 0 aliphatic heterocycles. The van der Waals surface area contributed by atoms with Crippen LogP contribution in [0.1, 0.15) is 0 Å². The Hall–Kier alpha value is -1.80. The minimum Gasteiger partial charge on any atom is -0.506 e. The van der Waals surface area contributed by atoms with E-state index in [-0.39, 0.29) is 15.6 Å². The maximum absolute atomic E-state index is 13.0. The van der Waals surface area contributed by atoms with E-state index >= 15 is 0 Å². The van der Waals surface area contributed by atoms with Crippen LogP contribution < -0.4 is 4.72 Å². The molecular formula is C9H7ClFN3O3S. The highest BCUT2D eigenvalue weighted by atomic mass is 35.5. The maximum Gasteiger partial charge on any atom is 0.265 e. The second-order valence-corrected chi connectivity index (χ2v) is 5.41. The van der Waals surface area contributed by atoms with Crippen molar-refractivity contribution in [2.24, 2.45) is 0 Å². The Bertz CT molecular complexity index is 673. The number of anilines is 1. The molecular weight excluding hydrogens is 285 g/mol. The third-order valence-electron chi connectivity index (χ3n) is 2.07. The molecule has 18 heavy (non-hydrogen) atoms. The van der Waals surface area contributed by atoms with Crippen molar-refractivity contribution in [2.75, 3.05) is 4.72 Å². The summed E-state index contributed by atoms with van der Waals surface area (Å²) in [7, 11) is -3.91. The number of hydrogen-bond acceptors (Lipinski definition) is 4. The Morgan fingerprint density at radius 3 is 2.78 bits per heavy atom. The number of halogens is 2. The van der Waals surface area contributed by atoms with Crippen molar-refractivity contribution in [3.8, 4) is 5.75 Å². The first-order chi connectivity index (χ1) is 8.40. The summed E-state index contributed by atoms with van der Waals surface area (Å²) in [6.07, 6.45) is 2.25. The first kappa shape index (κ1) is 12.7. The van der Waals surface area contributed by atoms with Gasteiger partial charge in [-0.05, 0) is 6.07 Å². The summed E-state index contributed by atoms with van der Waals surface area (Å²) < 4.78 is 38.6. The SMILES string of the molecule is O=S(=O)(Nc1cc(Cl)c(F)cc1O)c1cn[nH]c1. The third-order valence-corrected chi connectivity index (χ3v) is 3.69. The molecule has 1 aromatic heterocycles. The van der Waals surface area contributed by atoms with Gasteiger partial charge in [-0.1, -0.05) is 11.6 Å². The number of H-pyrrole nitrogens is 1. The van der Waals surface area contributed by atoms with E-state index in [2.05, 4.69) is 14.9 Å². The molecule has 0 bridgehead atoms.